The van der Waals surface area contributed by atoms with Crippen LogP contribution in [-0.2, 0) is 15.1 Å². The average molecular weight is 224 g/mol. The van der Waals surface area contributed by atoms with Crippen molar-refractivity contribution >= 4 is 5.97 Å². The van der Waals surface area contributed by atoms with Crippen LogP contribution in [0.4, 0.5) is 0 Å². The van der Waals surface area contributed by atoms with Gasteiger partial charge in [0.25, 0.3) is 0 Å². The monoisotopic (exact) mass is 224 g/mol. The van der Waals surface area contributed by atoms with Gasteiger partial charge in [0.15, 0.2) is 11.5 Å². The van der Waals surface area contributed by atoms with Crippen molar-refractivity contribution in [3.05, 3.63) is 23.8 Å². The summed E-state index contributed by atoms with van der Waals surface area (Å²) in [6.07, 6.45) is 1.52. The first kappa shape index (κ1) is 12.6. The van der Waals surface area contributed by atoms with Crippen LogP contribution >= 0.6 is 0 Å². The molecule has 0 atom stereocenters. The van der Waals surface area contributed by atoms with Crippen molar-refractivity contribution in [2.45, 2.75) is 26.4 Å². The molecule has 0 spiro atoms. The topological polar surface area (TPSA) is 61.3 Å². The van der Waals surface area contributed by atoms with E-state index in [9.17, 15) is 4.79 Å². The van der Waals surface area contributed by atoms with Gasteiger partial charge in [0, 0.05) is 13.3 Å². The maximum Gasteiger partial charge on any atom is 0.357 e. The van der Waals surface area contributed by atoms with Crippen molar-refractivity contribution in [1.29, 1.82) is 0 Å². The van der Waals surface area contributed by atoms with Gasteiger partial charge < -0.3 is 9.47 Å². The van der Waals surface area contributed by atoms with Crippen molar-refractivity contribution in [3.8, 4) is 0 Å². The van der Waals surface area contributed by atoms with Gasteiger partial charge in [-0.15, -0.1) is 0 Å². The number of carbonyl (C=O) groups is 1. The summed E-state index contributed by atoms with van der Waals surface area (Å²) in [6.45, 7) is 5.74. The Labute approximate surface area is 94.8 Å². The molecule has 5 heteroatoms. The van der Waals surface area contributed by atoms with Gasteiger partial charge in [-0.05, 0) is 26.8 Å². The Balaban J connectivity index is 3.00. The summed E-state index contributed by atoms with van der Waals surface area (Å²) in [5.74, 6) is 0.0126. The Kier molecular flexibility index (Phi) is 3.95. The van der Waals surface area contributed by atoms with E-state index in [0.29, 0.717) is 12.4 Å². The molecule has 0 fully saturated rings. The first-order chi connectivity index (χ1) is 7.51. The largest absolute Gasteiger partial charge is 0.461 e. The van der Waals surface area contributed by atoms with Crippen LogP contribution in [0.2, 0.25) is 0 Å². The molecule has 1 rings (SSSR count). The molecule has 1 aromatic rings. The highest BCUT2D eigenvalue weighted by Gasteiger charge is 2.24. The highest BCUT2D eigenvalue weighted by Crippen LogP contribution is 2.19. The van der Waals surface area contributed by atoms with E-state index in [4.69, 9.17) is 9.47 Å². The lowest BCUT2D eigenvalue weighted by Gasteiger charge is -2.20. The fourth-order valence-corrected chi connectivity index (χ4v) is 1.06. The number of carbonyl (C=O) groups excluding carboxylic acids is 1. The number of esters is 1. The lowest BCUT2D eigenvalue weighted by Crippen LogP contribution is -2.24. The van der Waals surface area contributed by atoms with Crippen LogP contribution in [0.1, 0.15) is 37.1 Å². The van der Waals surface area contributed by atoms with Crippen molar-refractivity contribution < 1.29 is 14.3 Å². The normalized spacial score (nSPS) is 11.2. The van der Waals surface area contributed by atoms with Crippen LogP contribution in [0.3, 0.4) is 0 Å². The van der Waals surface area contributed by atoms with Gasteiger partial charge in [-0.3, -0.25) is 0 Å². The molecule has 16 heavy (non-hydrogen) atoms. The summed E-state index contributed by atoms with van der Waals surface area (Å²) in [6, 6.07) is 1.52. The van der Waals surface area contributed by atoms with Gasteiger partial charge in [0.2, 0.25) is 0 Å². The van der Waals surface area contributed by atoms with E-state index in [2.05, 4.69) is 9.97 Å². The number of nitrogens with zero attached hydrogens (tertiary/aromatic N) is 2. The zero-order valence-electron chi connectivity index (χ0n) is 9.98. The first-order valence-corrected chi connectivity index (χ1v) is 5.07. The van der Waals surface area contributed by atoms with Gasteiger partial charge in [-0.25, -0.2) is 14.8 Å². The van der Waals surface area contributed by atoms with Gasteiger partial charge in [-0.2, -0.15) is 0 Å². The van der Waals surface area contributed by atoms with Crippen LogP contribution in [-0.4, -0.2) is 29.7 Å². The standard InChI is InChI=1S/C11H16N2O3/c1-5-16-9(14)8-6-7-12-10(13-8)11(2,3)15-4/h6-7H,5H2,1-4H3. The second-order valence-corrected chi connectivity index (χ2v) is 3.70. The van der Waals surface area contributed by atoms with Gasteiger partial charge in [-0.1, -0.05) is 0 Å². The van der Waals surface area contributed by atoms with Crippen LogP contribution < -0.4 is 0 Å². The highest BCUT2D eigenvalue weighted by molar-refractivity contribution is 5.87. The summed E-state index contributed by atoms with van der Waals surface area (Å²) < 4.78 is 10.1. The molecular weight excluding hydrogens is 208 g/mol. The third-order valence-corrected chi connectivity index (χ3v) is 2.19. The fourth-order valence-electron chi connectivity index (χ4n) is 1.06. The second-order valence-electron chi connectivity index (χ2n) is 3.70. The van der Waals surface area contributed by atoms with Crippen LogP contribution in [0.15, 0.2) is 12.3 Å². The third-order valence-electron chi connectivity index (χ3n) is 2.19. The van der Waals surface area contributed by atoms with Crippen LogP contribution in [0.5, 0.6) is 0 Å². The minimum absolute atomic E-state index is 0.247. The predicted molar refractivity (Wildman–Crippen MR) is 58.0 cm³/mol. The minimum atomic E-state index is -0.623. The van der Waals surface area contributed by atoms with E-state index in [1.54, 1.807) is 14.0 Å². The number of methoxy groups -OCH3 is 1. The Bertz CT molecular complexity index is 377. The van der Waals surface area contributed by atoms with Gasteiger partial charge >= 0.3 is 5.97 Å². The molecule has 0 N–H and O–H groups in total. The van der Waals surface area contributed by atoms with E-state index in [1.807, 2.05) is 13.8 Å². The average Bonchev–Trinajstić information content (AvgIpc) is 2.29. The zero-order valence-corrected chi connectivity index (χ0v) is 9.98. The summed E-state index contributed by atoms with van der Waals surface area (Å²) in [7, 11) is 1.57. The van der Waals surface area contributed by atoms with Gasteiger partial charge in [0.1, 0.15) is 5.60 Å². The molecule has 0 saturated carbocycles. The second kappa shape index (κ2) is 5.03. The third kappa shape index (κ3) is 2.76. The Morgan fingerprint density at radius 2 is 2.19 bits per heavy atom. The van der Waals surface area contributed by atoms with E-state index < -0.39 is 11.6 Å². The molecule has 0 bridgehead atoms. The molecule has 1 aromatic heterocycles. The first-order valence-electron chi connectivity index (χ1n) is 5.07. The number of ether oxygens (including phenoxy) is 2. The van der Waals surface area contributed by atoms with Crippen LogP contribution in [0, 0.1) is 0 Å². The van der Waals surface area contributed by atoms with Crippen molar-refractivity contribution in [3.63, 3.8) is 0 Å². The summed E-state index contributed by atoms with van der Waals surface area (Å²) in [4.78, 5) is 19.7. The Morgan fingerprint density at radius 1 is 1.50 bits per heavy atom. The lowest BCUT2D eigenvalue weighted by atomic mass is 10.1. The number of rotatable bonds is 4. The van der Waals surface area contributed by atoms with E-state index >= 15 is 0 Å². The number of hydrogen-bond acceptors (Lipinski definition) is 5. The molecule has 0 aliphatic rings. The van der Waals surface area contributed by atoms with E-state index in [0.717, 1.165) is 0 Å². The summed E-state index contributed by atoms with van der Waals surface area (Å²) in [5, 5.41) is 0. The van der Waals surface area contributed by atoms with Crippen molar-refractivity contribution in [2.75, 3.05) is 13.7 Å². The van der Waals surface area contributed by atoms with E-state index in [1.165, 1.54) is 12.3 Å². The van der Waals surface area contributed by atoms with Crippen LogP contribution in [0.25, 0.3) is 0 Å². The zero-order chi connectivity index (χ0) is 12.2. The molecule has 0 amide bonds. The highest BCUT2D eigenvalue weighted by atomic mass is 16.5. The number of aromatic nitrogens is 2. The molecule has 0 aliphatic heterocycles. The summed E-state index contributed by atoms with van der Waals surface area (Å²) >= 11 is 0. The molecule has 5 nitrogen and oxygen atoms in total. The maximum atomic E-state index is 11.5. The molecule has 0 aliphatic carbocycles. The molecule has 0 aromatic carbocycles. The molecule has 0 unspecified atom stereocenters. The number of hydrogen-bond donors (Lipinski definition) is 0. The molecular formula is C11H16N2O3. The molecule has 0 radical (unpaired) electrons. The summed E-state index contributed by atoms with van der Waals surface area (Å²) in [5.41, 5.74) is -0.375. The predicted octanol–water partition coefficient (Wildman–Crippen LogP) is 1.53. The lowest BCUT2D eigenvalue weighted by molar-refractivity contribution is 0.0110. The van der Waals surface area contributed by atoms with Crippen molar-refractivity contribution in [2.24, 2.45) is 0 Å². The fraction of sp³-hybridized carbons (Fsp3) is 0.545. The minimum Gasteiger partial charge on any atom is -0.461 e. The SMILES string of the molecule is CCOC(=O)c1ccnc(C(C)(C)OC)n1. The quantitative estimate of drug-likeness (QED) is 0.726. The molecule has 1 heterocycles. The smallest absolute Gasteiger partial charge is 0.357 e. The van der Waals surface area contributed by atoms with E-state index in [-0.39, 0.29) is 5.69 Å². The van der Waals surface area contributed by atoms with Gasteiger partial charge in [0.05, 0.1) is 6.61 Å². The Hall–Kier alpha value is -1.49. The Morgan fingerprint density at radius 3 is 2.75 bits per heavy atom. The molecule has 88 valence electrons. The van der Waals surface area contributed by atoms with Crippen molar-refractivity contribution in [1.82, 2.24) is 9.97 Å². The molecule has 0 saturated heterocycles. The maximum absolute atomic E-state index is 11.5.